The number of aliphatic hydroxyl groups excluding tert-OH is 1. The van der Waals surface area contributed by atoms with Gasteiger partial charge in [0.15, 0.2) is 0 Å². The van der Waals surface area contributed by atoms with Crippen LogP contribution < -0.4 is 0 Å². The van der Waals surface area contributed by atoms with Crippen LogP contribution in [-0.2, 0) is 9.53 Å². The van der Waals surface area contributed by atoms with E-state index in [1.54, 1.807) is 0 Å². The molecule has 0 saturated heterocycles. The predicted molar refractivity (Wildman–Crippen MR) is 52.1 cm³/mol. The molecule has 3 nitrogen and oxygen atoms in total. The molecule has 0 aliphatic carbocycles. The number of hydrogen-bond acceptors (Lipinski definition) is 3. The Morgan fingerprint density at radius 3 is 2.38 bits per heavy atom. The zero-order valence-electron chi connectivity index (χ0n) is 6.73. The lowest BCUT2D eigenvalue weighted by Crippen LogP contribution is -2.18. The first-order valence-electron chi connectivity index (χ1n) is 3.43. The zero-order valence-corrected chi connectivity index (χ0v) is 8.99. The van der Waals surface area contributed by atoms with Gasteiger partial charge < -0.3 is 9.84 Å². The summed E-state index contributed by atoms with van der Waals surface area (Å²) >= 11 is 16.1. The molecule has 0 aliphatic rings. The summed E-state index contributed by atoms with van der Waals surface area (Å²) in [6, 6.07) is 0. The highest BCUT2D eigenvalue weighted by atomic mass is 35.6. The van der Waals surface area contributed by atoms with Crippen molar-refractivity contribution in [2.75, 3.05) is 13.2 Å². The van der Waals surface area contributed by atoms with Crippen LogP contribution in [0.5, 0.6) is 0 Å². The van der Waals surface area contributed by atoms with Crippen LogP contribution in [0, 0.1) is 0 Å². The molecule has 76 valence electrons. The van der Waals surface area contributed by atoms with E-state index in [0.29, 0.717) is 6.42 Å². The highest BCUT2D eigenvalue weighted by Crippen LogP contribution is 2.34. The second-order valence-electron chi connectivity index (χ2n) is 2.19. The number of carbonyl (C=O) groups excluding carboxylic acids is 1. The number of rotatable bonds is 4. The molecule has 1 N–H and O–H groups in total. The van der Waals surface area contributed by atoms with Crippen LogP contribution in [0.1, 0.15) is 6.42 Å². The number of hydrogen-bond donors (Lipinski definition) is 1. The third kappa shape index (κ3) is 5.37. The molecule has 0 rings (SSSR count). The Bertz CT molecular complexity index is 198. The average molecular weight is 248 g/mol. The van der Waals surface area contributed by atoms with Crippen LogP contribution in [-0.4, -0.2) is 28.1 Å². The summed E-state index contributed by atoms with van der Waals surface area (Å²) in [5.74, 6) is -0.770. The molecule has 0 unspecified atom stereocenters. The van der Waals surface area contributed by atoms with Gasteiger partial charge in [0.1, 0.15) is 0 Å². The Morgan fingerprint density at radius 1 is 1.46 bits per heavy atom. The van der Waals surface area contributed by atoms with Gasteiger partial charge in [-0.25, -0.2) is 4.79 Å². The van der Waals surface area contributed by atoms with Crippen molar-refractivity contribution >= 4 is 40.8 Å². The van der Waals surface area contributed by atoms with Crippen molar-refractivity contribution in [1.29, 1.82) is 0 Å². The molecule has 0 amide bonds. The third-order valence-corrected chi connectivity index (χ3v) is 1.81. The molecule has 0 aromatic carbocycles. The SMILES string of the molecule is C=C(C(=O)OCCCO)C(Cl)(Cl)Cl. The van der Waals surface area contributed by atoms with E-state index in [9.17, 15) is 4.79 Å². The van der Waals surface area contributed by atoms with Gasteiger partial charge in [0.05, 0.1) is 12.2 Å². The lowest BCUT2D eigenvalue weighted by molar-refractivity contribution is -0.139. The Hall–Kier alpha value is 0.0400. The Balaban J connectivity index is 3.92. The van der Waals surface area contributed by atoms with E-state index in [0.717, 1.165) is 0 Å². The van der Waals surface area contributed by atoms with Crippen LogP contribution >= 0.6 is 34.8 Å². The number of halogens is 3. The zero-order chi connectivity index (χ0) is 10.5. The lowest BCUT2D eigenvalue weighted by Gasteiger charge is -2.12. The lowest BCUT2D eigenvalue weighted by atomic mass is 10.3. The van der Waals surface area contributed by atoms with E-state index in [-0.39, 0.29) is 18.8 Å². The molecule has 0 saturated carbocycles. The maximum Gasteiger partial charge on any atom is 0.337 e. The van der Waals surface area contributed by atoms with Crippen LogP contribution in [0.25, 0.3) is 0 Å². The highest BCUT2D eigenvalue weighted by Gasteiger charge is 2.30. The molecular formula is C7H9Cl3O3. The van der Waals surface area contributed by atoms with Gasteiger partial charge >= 0.3 is 5.97 Å². The van der Waals surface area contributed by atoms with Crippen molar-refractivity contribution in [3.8, 4) is 0 Å². The summed E-state index contributed by atoms with van der Waals surface area (Å²) in [6.45, 7) is 3.29. The molecule has 0 bridgehead atoms. The smallest absolute Gasteiger partial charge is 0.337 e. The number of esters is 1. The molecule has 0 atom stereocenters. The minimum Gasteiger partial charge on any atom is -0.462 e. The molecule has 13 heavy (non-hydrogen) atoms. The summed E-state index contributed by atoms with van der Waals surface area (Å²) in [5.41, 5.74) is -0.240. The summed E-state index contributed by atoms with van der Waals surface area (Å²) in [4.78, 5) is 11.0. The molecule has 0 aromatic rings. The maximum absolute atomic E-state index is 11.0. The normalized spacial score (nSPS) is 11.1. The van der Waals surface area contributed by atoms with Crippen LogP contribution in [0.4, 0.5) is 0 Å². The van der Waals surface area contributed by atoms with Crippen molar-refractivity contribution in [3.05, 3.63) is 12.2 Å². The van der Waals surface area contributed by atoms with Crippen molar-refractivity contribution < 1.29 is 14.6 Å². The molecular weight excluding hydrogens is 238 g/mol. The van der Waals surface area contributed by atoms with E-state index in [1.807, 2.05) is 0 Å². The molecule has 0 aromatic heterocycles. The Labute approximate surface area is 91.2 Å². The minimum atomic E-state index is -1.84. The first kappa shape index (κ1) is 13.0. The standard InChI is InChI=1S/C7H9Cl3O3/c1-5(7(8,9)10)6(12)13-4-2-3-11/h11H,1-4H2. The maximum atomic E-state index is 11.0. The molecule has 0 fully saturated rings. The predicted octanol–water partition coefficient (Wildman–Crippen LogP) is 1.84. The summed E-state index contributed by atoms with van der Waals surface area (Å²) in [6.07, 6.45) is 0.346. The monoisotopic (exact) mass is 246 g/mol. The van der Waals surface area contributed by atoms with Gasteiger partial charge in [-0.1, -0.05) is 41.4 Å². The van der Waals surface area contributed by atoms with Gasteiger partial charge in [0.2, 0.25) is 3.79 Å². The molecule has 0 spiro atoms. The first-order chi connectivity index (χ1) is 5.89. The van der Waals surface area contributed by atoms with Gasteiger partial charge in [-0.05, 0) is 0 Å². The van der Waals surface area contributed by atoms with Crippen LogP contribution in [0.15, 0.2) is 12.2 Å². The Kier molecular flexibility index (Phi) is 5.72. The number of carbonyl (C=O) groups is 1. The summed E-state index contributed by atoms with van der Waals surface area (Å²) < 4.78 is 2.78. The van der Waals surface area contributed by atoms with E-state index >= 15 is 0 Å². The van der Waals surface area contributed by atoms with Crippen molar-refractivity contribution in [3.63, 3.8) is 0 Å². The molecule has 6 heteroatoms. The third-order valence-electron chi connectivity index (χ3n) is 1.12. The average Bonchev–Trinajstić information content (AvgIpc) is 2.01. The number of alkyl halides is 3. The van der Waals surface area contributed by atoms with Gasteiger partial charge in [-0.2, -0.15) is 0 Å². The molecule has 0 radical (unpaired) electrons. The van der Waals surface area contributed by atoms with Crippen molar-refractivity contribution in [1.82, 2.24) is 0 Å². The van der Waals surface area contributed by atoms with E-state index in [4.69, 9.17) is 39.9 Å². The highest BCUT2D eigenvalue weighted by molar-refractivity contribution is 6.70. The second kappa shape index (κ2) is 5.70. The van der Waals surface area contributed by atoms with Gasteiger partial charge in [0.25, 0.3) is 0 Å². The minimum absolute atomic E-state index is 0.0620. The second-order valence-corrected chi connectivity index (χ2v) is 4.47. The Morgan fingerprint density at radius 2 is 2.00 bits per heavy atom. The van der Waals surface area contributed by atoms with Crippen LogP contribution in [0.3, 0.4) is 0 Å². The van der Waals surface area contributed by atoms with Crippen molar-refractivity contribution in [2.24, 2.45) is 0 Å². The molecule has 0 aliphatic heterocycles. The van der Waals surface area contributed by atoms with E-state index < -0.39 is 9.76 Å². The number of ether oxygens (including phenoxy) is 1. The fourth-order valence-electron chi connectivity index (χ4n) is 0.432. The first-order valence-corrected chi connectivity index (χ1v) is 4.57. The quantitative estimate of drug-likeness (QED) is 0.357. The van der Waals surface area contributed by atoms with E-state index in [2.05, 4.69) is 11.3 Å². The van der Waals surface area contributed by atoms with Gasteiger partial charge in [0, 0.05) is 13.0 Å². The topological polar surface area (TPSA) is 46.5 Å². The molecule has 0 heterocycles. The van der Waals surface area contributed by atoms with Gasteiger partial charge in [-0.15, -0.1) is 0 Å². The fraction of sp³-hybridized carbons (Fsp3) is 0.571. The summed E-state index contributed by atoms with van der Waals surface area (Å²) in [5, 5.41) is 8.39. The largest absolute Gasteiger partial charge is 0.462 e. The summed E-state index contributed by atoms with van der Waals surface area (Å²) in [7, 11) is 0. The van der Waals surface area contributed by atoms with E-state index in [1.165, 1.54) is 0 Å². The number of aliphatic hydroxyl groups is 1. The van der Waals surface area contributed by atoms with Crippen molar-refractivity contribution in [2.45, 2.75) is 10.2 Å². The fourth-order valence-corrected chi connectivity index (χ4v) is 0.664. The van der Waals surface area contributed by atoms with Crippen LogP contribution in [0.2, 0.25) is 0 Å². The van der Waals surface area contributed by atoms with Gasteiger partial charge in [-0.3, -0.25) is 0 Å².